The Kier molecular flexibility index (Phi) is 4.19. The summed E-state index contributed by atoms with van der Waals surface area (Å²) in [6.45, 7) is 0.405. The van der Waals surface area contributed by atoms with Gasteiger partial charge in [-0.25, -0.2) is 21.9 Å². The van der Waals surface area contributed by atoms with Crippen LogP contribution in [-0.4, -0.2) is 25.3 Å². The monoisotopic (exact) mass is 374 g/mol. The van der Waals surface area contributed by atoms with E-state index in [9.17, 15) is 17.6 Å². The number of para-hydroxylation sites is 1. The number of fused-ring (bicyclic) bond motifs is 1. The molecule has 4 rings (SSSR count). The van der Waals surface area contributed by atoms with Crippen molar-refractivity contribution in [3.05, 3.63) is 59.9 Å². The molecule has 1 fully saturated rings. The Morgan fingerprint density at radius 2 is 1.73 bits per heavy atom. The summed E-state index contributed by atoms with van der Waals surface area (Å²) >= 11 is 0. The van der Waals surface area contributed by atoms with Gasteiger partial charge in [0.05, 0.1) is 12.2 Å². The first-order valence-electron chi connectivity index (χ1n) is 8.64. The van der Waals surface area contributed by atoms with Gasteiger partial charge in [-0.2, -0.15) is 0 Å². The van der Waals surface area contributed by atoms with Crippen molar-refractivity contribution < 1.29 is 17.6 Å². The molecule has 0 N–H and O–H groups in total. The minimum absolute atomic E-state index is 0.114. The standard InChI is InChI=1S/C19H19FN2O3S/c20-16-10-8-15(9-11-16)13-22-19(23)21(12-14-4-3-5-14)17-6-1-2-7-18(17)26(22,24)25/h1-2,6-11,14H,3-5,12-13H2. The zero-order valence-corrected chi connectivity index (χ0v) is 15.0. The van der Waals surface area contributed by atoms with Crippen LogP contribution >= 0.6 is 0 Å². The fourth-order valence-electron chi connectivity index (χ4n) is 3.38. The van der Waals surface area contributed by atoms with Crippen LogP contribution in [0.5, 0.6) is 0 Å². The molecule has 0 radical (unpaired) electrons. The molecule has 2 aliphatic rings. The lowest BCUT2D eigenvalue weighted by Gasteiger charge is -2.39. The Bertz CT molecular complexity index is 940. The second-order valence-corrected chi connectivity index (χ2v) is 8.63. The Labute approximate surface area is 152 Å². The first kappa shape index (κ1) is 17.0. The summed E-state index contributed by atoms with van der Waals surface area (Å²) in [4.78, 5) is 14.8. The third kappa shape index (κ3) is 2.86. The molecule has 0 spiro atoms. The van der Waals surface area contributed by atoms with Crippen LogP contribution in [0.2, 0.25) is 0 Å². The Morgan fingerprint density at radius 1 is 1.04 bits per heavy atom. The molecule has 2 amide bonds. The van der Waals surface area contributed by atoms with Crippen LogP contribution in [0.1, 0.15) is 24.8 Å². The van der Waals surface area contributed by atoms with Gasteiger partial charge in [-0.1, -0.05) is 30.7 Å². The van der Waals surface area contributed by atoms with E-state index < -0.39 is 21.9 Å². The number of amides is 2. The molecule has 1 heterocycles. The maximum absolute atomic E-state index is 13.1. The molecule has 0 unspecified atom stereocenters. The first-order chi connectivity index (χ1) is 12.5. The maximum atomic E-state index is 13.1. The highest BCUT2D eigenvalue weighted by Crippen LogP contribution is 2.37. The van der Waals surface area contributed by atoms with Gasteiger partial charge < -0.3 is 0 Å². The molecule has 2 aromatic carbocycles. The summed E-state index contributed by atoms with van der Waals surface area (Å²) in [5.74, 6) is -0.000912. The molecular formula is C19H19FN2O3S. The second kappa shape index (κ2) is 6.39. The van der Waals surface area contributed by atoms with E-state index >= 15 is 0 Å². The number of urea groups is 1. The van der Waals surface area contributed by atoms with E-state index in [2.05, 4.69) is 0 Å². The van der Waals surface area contributed by atoms with Gasteiger partial charge in [-0.15, -0.1) is 0 Å². The van der Waals surface area contributed by atoms with E-state index in [1.54, 1.807) is 23.1 Å². The lowest BCUT2D eigenvalue weighted by Crippen LogP contribution is -2.52. The summed E-state index contributed by atoms with van der Waals surface area (Å²) in [5, 5.41) is 0. The van der Waals surface area contributed by atoms with Gasteiger partial charge in [0, 0.05) is 6.54 Å². The molecule has 1 saturated carbocycles. The smallest absolute Gasteiger partial charge is 0.292 e. The van der Waals surface area contributed by atoms with Crippen LogP contribution in [-0.2, 0) is 16.6 Å². The van der Waals surface area contributed by atoms with Gasteiger partial charge in [-0.05, 0) is 48.6 Å². The SMILES string of the molecule is O=C1N(CC2CCC2)c2ccccc2S(=O)(=O)N1Cc1ccc(F)cc1. The van der Waals surface area contributed by atoms with Crippen LogP contribution in [0.15, 0.2) is 53.4 Å². The van der Waals surface area contributed by atoms with Crippen LogP contribution in [0.25, 0.3) is 0 Å². The number of sulfonamides is 1. The van der Waals surface area contributed by atoms with E-state index in [0.29, 0.717) is 23.7 Å². The summed E-state index contributed by atoms with van der Waals surface area (Å²) in [5.41, 5.74) is 1.01. The highest BCUT2D eigenvalue weighted by molar-refractivity contribution is 7.90. The minimum atomic E-state index is -3.95. The van der Waals surface area contributed by atoms with Crippen LogP contribution in [0.3, 0.4) is 0 Å². The molecule has 7 heteroatoms. The van der Waals surface area contributed by atoms with Crippen molar-refractivity contribution in [2.75, 3.05) is 11.4 Å². The summed E-state index contributed by atoms with van der Waals surface area (Å²) in [6.07, 6.45) is 3.25. The van der Waals surface area contributed by atoms with Crippen LogP contribution in [0.4, 0.5) is 14.9 Å². The van der Waals surface area contributed by atoms with Gasteiger partial charge in [0.2, 0.25) is 0 Å². The number of anilines is 1. The summed E-state index contributed by atoms with van der Waals surface area (Å²) in [6, 6.07) is 11.6. The van der Waals surface area contributed by atoms with Gasteiger partial charge in [0.15, 0.2) is 0 Å². The number of benzene rings is 2. The molecule has 0 aromatic heterocycles. The molecular weight excluding hydrogens is 355 g/mol. The van der Waals surface area contributed by atoms with E-state index in [-0.39, 0.29) is 11.4 Å². The third-order valence-electron chi connectivity index (χ3n) is 5.07. The van der Waals surface area contributed by atoms with Gasteiger partial charge >= 0.3 is 6.03 Å². The minimum Gasteiger partial charge on any atom is -0.292 e. The fraction of sp³-hybridized carbons (Fsp3) is 0.316. The molecule has 136 valence electrons. The van der Waals surface area contributed by atoms with Gasteiger partial charge in [-0.3, -0.25) is 4.90 Å². The normalized spacial score (nSPS) is 19.2. The molecule has 1 aliphatic heterocycles. The molecule has 0 bridgehead atoms. The van der Waals surface area contributed by atoms with E-state index in [4.69, 9.17) is 0 Å². The second-order valence-electron chi connectivity index (χ2n) is 6.80. The zero-order valence-electron chi connectivity index (χ0n) is 14.1. The largest absolute Gasteiger partial charge is 0.338 e. The fourth-order valence-corrected chi connectivity index (χ4v) is 4.93. The number of hydrogen-bond acceptors (Lipinski definition) is 3. The quantitative estimate of drug-likeness (QED) is 0.819. The number of hydrogen-bond donors (Lipinski definition) is 0. The highest BCUT2D eigenvalue weighted by atomic mass is 32.2. The van der Waals surface area contributed by atoms with Crippen molar-refractivity contribution in [2.45, 2.75) is 30.7 Å². The van der Waals surface area contributed by atoms with Crippen molar-refractivity contribution >= 4 is 21.7 Å². The average molecular weight is 374 g/mol. The molecule has 1 aliphatic carbocycles. The van der Waals surface area contributed by atoms with Crippen molar-refractivity contribution in [1.82, 2.24) is 4.31 Å². The number of nitrogens with zero attached hydrogens (tertiary/aromatic N) is 2. The lowest BCUT2D eigenvalue weighted by atomic mass is 9.85. The topological polar surface area (TPSA) is 57.7 Å². The summed E-state index contributed by atoms with van der Waals surface area (Å²) < 4.78 is 40.0. The van der Waals surface area contributed by atoms with Crippen LogP contribution < -0.4 is 4.90 Å². The van der Waals surface area contributed by atoms with Gasteiger partial charge in [0.25, 0.3) is 10.0 Å². The zero-order chi connectivity index (χ0) is 18.3. The Morgan fingerprint density at radius 3 is 2.38 bits per heavy atom. The Balaban J connectivity index is 1.73. The molecule has 26 heavy (non-hydrogen) atoms. The number of rotatable bonds is 4. The first-order valence-corrected chi connectivity index (χ1v) is 10.1. The van der Waals surface area contributed by atoms with E-state index in [1.807, 2.05) is 0 Å². The number of carbonyl (C=O) groups excluding carboxylic acids is 1. The maximum Gasteiger partial charge on any atom is 0.338 e. The summed E-state index contributed by atoms with van der Waals surface area (Å²) in [7, 11) is -3.95. The average Bonchev–Trinajstić information content (AvgIpc) is 2.59. The molecule has 5 nitrogen and oxygen atoms in total. The predicted octanol–water partition coefficient (Wildman–Crippen LogP) is 3.76. The van der Waals surface area contributed by atoms with Crippen LogP contribution in [0, 0.1) is 11.7 Å². The number of carbonyl (C=O) groups is 1. The predicted molar refractivity (Wildman–Crippen MR) is 95.7 cm³/mol. The van der Waals surface area contributed by atoms with Crippen molar-refractivity contribution in [3.63, 3.8) is 0 Å². The highest BCUT2D eigenvalue weighted by Gasteiger charge is 2.42. The molecule has 2 aromatic rings. The molecule has 0 atom stereocenters. The third-order valence-corrected chi connectivity index (χ3v) is 6.84. The van der Waals surface area contributed by atoms with Crippen molar-refractivity contribution in [2.24, 2.45) is 5.92 Å². The number of halogens is 1. The lowest BCUT2D eigenvalue weighted by molar-refractivity contribution is 0.221. The van der Waals surface area contributed by atoms with E-state index in [0.717, 1.165) is 23.6 Å². The van der Waals surface area contributed by atoms with Gasteiger partial charge in [0.1, 0.15) is 10.7 Å². The van der Waals surface area contributed by atoms with E-state index in [1.165, 1.54) is 30.3 Å². The molecule has 0 saturated heterocycles. The van der Waals surface area contributed by atoms with Crippen molar-refractivity contribution in [1.29, 1.82) is 0 Å². The Hall–Kier alpha value is -2.41. The van der Waals surface area contributed by atoms with Crippen molar-refractivity contribution in [3.8, 4) is 0 Å².